The van der Waals surface area contributed by atoms with Crippen LogP contribution in [0.15, 0.2) is 5.16 Å². The minimum Gasteiger partial charge on any atom is -0.375 e. The van der Waals surface area contributed by atoms with Crippen molar-refractivity contribution in [2.45, 2.75) is 18.2 Å². The molecular formula is C9H16N4OS. The van der Waals surface area contributed by atoms with Crippen LogP contribution in [0, 0.1) is 6.92 Å². The third-order valence-corrected chi connectivity index (χ3v) is 3.61. The number of aromatic nitrogens is 3. The largest absolute Gasteiger partial charge is 0.375 e. The fourth-order valence-corrected chi connectivity index (χ4v) is 2.38. The number of ether oxygens (including phenoxy) is 1. The predicted octanol–water partition coefficient (Wildman–Crippen LogP) is 0.204. The SMILES string of the molecule is Cc1nnc(SCC2CNCCO2)n1C. The molecule has 1 aliphatic rings. The number of morpholine rings is 1. The topological polar surface area (TPSA) is 52.0 Å². The van der Waals surface area contributed by atoms with Gasteiger partial charge >= 0.3 is 0 Å². The van der Waals surface area contributed by atoms with Crippen LogP contribution in [0.1, 0.15) is 5.82 Å². The lowest BCUT2D eigenvalue weighted by molar-refractivity contribution is 0.0440. The molecule has 2 heterocycles. The number of aryl methyl sites for hydroxylation is 1. The number of rotatable bonds is 3. The van der Waals surface area contributed by atoms with Crippen LogP contribution in [0.25, 0.3) is 0 Å². The van der Waals surface area contributed by atoms with E-state index in [1.165, 1.54) is 0 Å². The standard InChI is InChI=1S/C9H16N4OS/c1-7-11-12-9(13(7)2)15-6-8-5-10-3-4-14-8/h8,10H,3-6H2,1-2H3. The Kier molecular flexibility index (Phi) is 3.61. The second-order valence-electron chi connectivity index (χ2n) is 3.60. The summed E-state index contributed by atoms with van der Waals surface area (Å²) in [5.41, 5.74) is 0. The molecule has 15 heavy (non-hydrogen) atoms. The first-order valence-electron chi connectivity index (χ1n) is 5.08. The van der Waals surface area contributed by atoms with E-state index >= 15 is 0 Å². The molecule has 1 aromatic heterocycles. The van der Waals surface area contributed by atoms with Gasteiger partial charge in [-0.15, -0.1) is 10.2 Å². The first-order valence-corrected chi connectivity index (χ1v) is 6.07. The molecule has 2 rings (SSSR count). The maximum Gasteiger partial charge on any atom is 0.191 e. The van der Waals surface area contributed by atoms with Gasteiger partial charge in [0.05, 0.1) is 12.7 Å². The van der Waals surface area contributed by atoms with Crippen molar-refractivity contribution in [1.82, 2.24) is 20.1 Å². The highest BCUT2D eigenvalue weighted by molar-refractivity contribution is 7.99. The molecule has 1 saturated heterocycles. The lowest BCUT2D eigenvalue weighted by Gasteiger charge is -2.22. The quantitative estimate of drug-likeness (QED) is 0.749. The van der Waals surface area contributed by atoms with E-state index in [9.17, 15) is 0 Å². The van der Waals surface area contributed by atoms with Gasteiger partial charge in [0.15, 0.2) is 5.16 Å². The van der Waals surface area contributed by atoms with Crippen LogP contribution < -0.4 is 5.32 Å². The Morgan fingerprint density at radius 2 is 2.47 bits per heavy atom. The fourth-order valence-electron chi connectivity index (χ4n) is 1.41. The molecule has 1 aromatic rings. The summed E-state index contributed by atoms with van der Waals surface area (Å²) in [7, 11) is 1.98. The summed E-state index contributed by atoms with van der Waals surface area (Å²) in [5, 5.41) is 12.4. The summed E-state index contributed by atoms with van der Waals surface area (Å²) in [6, 6.07) is 0. The normalized spacial score (nSPS) is 21.9. The highest BCUT2D eigenvalue weighted by Crippen LogP contribution is 2.17. The predicted molar refractivity (Wildman–Crippen MR) is 59.1 cm³/mol. The zero-order chi connectivity index (χ0) is 10.7. The molecule has 0 aliphatic carbocycles. The molecule has 0 radical (unpaired) electrons. The van der Waals surface area contributed by atoms with Crippen LogP contribution in [0.3, 0.4) is 0 Å². The van der Waals surface area contributed by atoms with E-state index in [1.807, 2.05) is 18.5 Å². The smallest absolute Gasteiger partial charge is 0.191 e. The van der Waals surface area contributed by atoms with Crippen LogP contribution in [0.5, 0.6) is 0 Å². The van der Waals surface area contributed by atoms with Gasteiger partial charge in [0.1, 0.15) is 5.82 Å². The number of hydrogen-bond donors (Lipinski definition) is 1. The second-order valence-corrected chi connectivity index (χ2v) is 4.58. The number of nitrogens with one attached hydrogen (secondary N) is 1. The average Bonchev–Trinajstić information content (AvgIpc) is 2.59. The van der Waals surface area contributed by atoms with Gasteiger partial charge < -0.3 is 14.6 Å². The first-order chi connectivity index (χ1) is 7.27. The molecular weight excluding hydrogens is 212 g/mol. The van der Waals surface area contributed by atoms with Crippen LogP contribution >= 0.6 is 11.8 Å². The maximum absolute atomic E-state index is 5.61. The van der Waals surface area contributed by atoms with E-state index in [-0.39, 0.29) is 0 Å². The summed E-state index contributed by atoms with van der Waals surface area (Å²) in [6.45, 7) is 4.66. The third kappa shape index (κ3) is 2.70. The monoisotopic (exact) mass is 228 g/mol. The Bertz CT molecular complexity index is 322. The minimum atomic E-state index is 0.292. The van der Waals surface area contributed by atoms with Crippen molar-refractivity contribution in [2.24, 2.45) is 7.05 Å². The fraction of sp³-hybridized carbons (Fsp3) is 0.778. The van der Waals surface area contributed by atoms with Crippen molar-refractivity contribution >= 4 is 11.8 Å². The van der Waals surface area contributed by atoms with E-state index in [0.29, 0.717) is 6.10 Å². The van der Waals surface area contributed by atoms with E-state index in [0.717, 1.165) is 36.4 Å². The van der Waals surface area contributed by atoms with Gasteiger partial charge in [0.2, 0.25) is 0 Å². The molecule has 5 nitrogen and oxygen atoms in total. The van der Waals surface area contributed by atoms with Crippen LogP contribution in [0.2, 0.25) is 0 Å². The average molecular weight is 228 g/mol. The summed E-state index contributed by atoms with van der Waals surface area (Å²) < 4.78 is 7.61. The molecule has 0 aromatic carbocycles. The molecule has 6 heteroatoms. The molecule has 1 unspecified atom stereocenters. The summed E-state index contributed by atoms with van der Waals surface area (Å²) in [5.74, 6) is 1.87. The lowest BCUT2D eigenvalue weighted by atomic mass is 10.3. The van der Waals surface area contributed by atoms with Gasteiger partial charge in [-0.3, -0.25) is 0 Å². The van der Waals surface area contributed by atoms with Gasteiger partial charge in [-0.2, -0.15) is 0 Å². The van der Waals surface area contributed by atoms with Crippen molar-refractivity contribution in [3.05, 3.63) is 5.82 Å². The first kappa shape index (κ1) is 10.9. The Morgan fingerprint density at radius 3 is 3.07 bits per heavy atom. The highest BCUT2D eigenvalue weighted by atomic mass is 32.2. The van der Waals surface area contributed by atoms with Gasteiger partial charge in [-0.25, -0.2) is 0 Å². The summed E-state index contributed by atoms with van der Waals surface area (Å²) in [4.78, 5) is 0. The maximum atomic E-state index is 5.61. The Labute approximate surface area is 93.6 Å². The summed E-state index contributed by atoms with van der Waals surface area (Å²) in [6.07, 6.45) is 0.292. The molecule has 1 aliphatic heterocycles. The second kappa shape index (κ2) is 4.96. The number of hydrogen-bond acceptors (Lipinski definition) is 5. The van der Waals surface area contributed by atoms with Crippen molar-refractivity contribution < 1.29 is 4.74 Å². The van der Waals surface area contributed by atoms with Crippen LogP contribution in [0.4, 0.5) is 0 Å². The van der Waals surface area contributed by atoms with Crippen LogP contribution in [-0.2, 0) is 11.8 Å². The molecule has 0 amide bonds. The van der Waals surface area contributed by atoms with E-state index in [1.54, 1.807) is 11.8 Å². The van der Waals surface area contributed by atoms with Crippen molar-refractivity contribution in [2.75, 3.05) is 25.4 Å². The van der Waals surface area contributed by atoms with Crippen molar-refractivity contribution in [3.63, 3.8) is 0 Å². The molecule has 1 fully saturated rings. The Hall–Kier alpha value is -0.590. The van der Waals surface area contributed by atoms with Gasteiger partial charge in [0.25, 0.3) is 0 Å². The zero-order valence-electron chi connectivity index (χ0n) is 9.06. The van der Waals surface area contributed by atoms with E-state index in [2.05, 4.69) is 15.5 Å². The minimum absolute atomic E-state index is 0.292. The Morgan fingerprint density at radius 1 is 1.60 bits per heavy atom. The zero-order valence-corrected chi connectivity index (χ0v) is 9.88. The molecule has 1 atom stereocenters. The highest BCUT2D eigenvalue weighted by Gasteiger charge is 2.15. The van der Waals surface area contributed by atoms with Gasteiger partial charge in [-0.1, -0.05) is 11.8 Å². The Balaban J connectivity index is 1.84. The van der Waals surface area contributed by atoms with E-state index in [4.69, 9.17) is 4.74 Å². The van der Waals surface area contributed by atoms with Gasteiger partial charge in [-0.05, 0) is 6.92 Å². The summed E-state index contributed by atoms with van der Waals surface area (Å²) >= 11 is 1.70. The third-order valence-electron chi connectivity index (χ3n) is 2.46. The van der Waals surface area contributed by atoms with Crippen molar-refractivity contribution in [1.29, 1.82) is 0 Å². The number of thioether (sulfide) groups is 1. The number of nitrogens with zero attached hydrogens (tertiary/aromatic N) is 3. The molecule has 84 valence electrons. The lowest BCUT2D eigenvalue weighted by Crippen LogP contribution is -2.39. The van der Waals surface area contributed by atoms with Crippen molar-refractivity contribution in [3.8, 4) is 0 Å². The molecule has 0 spiro atoms. The molecule has 0 bridgehead atoms. The molecule has 0 saturated carbocycles. The van der Waals surface area contributed by atoms with Gasteiger partial charge in [0, 0.05) is 25.9 Å². The van der Waals surface area contributed by atoms with Crippen LogP contribution in [-0.4, -0.2) is 46.3 Å². The van der Waals surface area contributed by atoms with E-state index < -0.39 is 0 Å². The molecule has 1 N–H and O–H groups in total.